The van der Waals surface area contributed by atoms with Gasteiger partial charge in [0.2, 0.25) is 0 Å². The highest BCUT2D eigenvalue weighted by Gasteiger charge is 2.64. The summed E-state index contributed by atoms with van der Waals surface area (Å²) in [6.07, 6.45) is 15.2. The van der Waals surface area contributed by atoms with E-state index in [2.05, 4.69) is 39.0 Å². The summed E-state index contributed by atoms with van der Waals surface area (Å²) in [7, 11) is 0. The summed E-state index contributed by atoms with van der Waals surface area (Å²) in [5.41, 5.74) is 1.40. The zero-order valence-electron chi connectivity index (χ0n) is 21.8. The predicted molar refractivity (Wildman–Crippen MR) is 137 cm³/mol. The smallest absolute Gasteiger partial charge is 0.178 e. The van der Waals surface area contributed by atoms with E-state index < -0.39 is 24.0 Å². The van der Waals surface area contributed by atoms with Crippen LogP contribution in [0.15, 0.2) is 47.6 Å². The molecule has 5 rings (SSSR count). The van der Waals surface area contributed by atoms with Crippen LogP contribution in [0, 0.1) is 46.3 Å². The van der Waals surface area contributed by atoms with Crippen LogP contribution in [-0.4, -0.2) is 57.9 Å². The molecule has 6 heteroatoms. The predicted octanol–water partition coefficient (Wildman–Crippen LogP) is 3.88. The summed E-state index contributed by atoms with van der Waals surface area (Å²) in [5.74, 6) is 0.219. The van der Waals surface area contributed by atoms with Crippen molar-refractivity contribution in [1.82, 2.24) is 5.06 Å². The van der Waals surface area contributed by atoms with Crippen LogP contribution in [-0.2, 0) is 9.59 Å². The molecular formula is C30H41NO5. The molecule has 0 aromatic heterocycles. The number of aliphatic hydroxyl groups excluding tert-OH is 2. The third-order valence-electron chi connectivity index (χ3n) is 10.3. The number of nitrogens with zero attached hydrogens (tertiary/aromatic N) is 1. The third-order valence-corrected chi connectivity index (χ3v) is 10.3. The molecule has 9 atom stereocenters. The van der Waals surface area contributed by atoms with Crippen LogP contribution in [0.5, 0.6) is 0 Å². The minimum absolute atomic E-state index is 0.00666. The van der Waals surface area contributed by atoms with E-state index in [1.165, 1.54) is 5.06 Å². The first-order valence-corrected chi connectivity index (χ1v) is 13.6. The van der Waals surface area contributed by atoms with Crippen LogP contribution in [0.2, 0.25) is 0 Å². The van der Waals surface area contributed by atoms with E-state index in [0.717, 1.165) is 36.8 Å². The topological polar surface area (TPSA) is 98.1 Å². The largest absolute Gasteiger partial charge is 0.393 e. The lowest BCUT2D eigenvalue weighted by atomic mass is 9.46. The van der Waals surface area contributed by atoms with Crippen LogP contribution >= 0.6 is 0 Å². The molecule has 3 unspecified atom stereocenters. The number of aliphatic hydroxyl groups is 2. The normalized spacial score (nSPS) is 43.5. The van der Waals surface area contributed by atoms with Gasteiger partial charge in [-0.25, -0.2) is 0 Å². The number of carbonyl (C=O) groups excluding carboxylic acids is 2. The molecule has 0 radical (unpaired) electrons. The molecule has 3 fully saturated rings. The maximum Gasteiger partial charge on any atom is 0.178 e. The van der Waals surface area contributed by atoms with E-state index >= 15 is 0 Å². The van der Waals surface area contributed by atoms with Gasteiger partial charge in [0.15, 0.2) is 11.6 Å². The Kier molecular flexibility index (Phi) is 6.78. The number of hydroxylamine groups is 2. The van der Waals surface area contributed by atoms with E-state index in [1.54, 1.807) is 12.2 Å². The fourth-order valence-electron chi connectivity index (χ4n) is 8.99. The van der Waals surface area contributed by atoms with Gasteiger partial charge < -0.3 is 15.4 Å². The van der Waals surface area contributed by atoms with Crippen molar-refractivity contribution >= 4 is 11.6 Å². The molecule has 0 amide bonds. The molecule has 0 heterocycles. The van der Waals surface area contributed by atoms with Gasteiger partial charge in [0.25, 0.3) is 0 Å². The Labute approximate surface area is 214 Å². The standard InChI is InChI=1S/C30H41NO5/c1-18-5-4-6-19(11-18)15-31(36)16-20-12-24-23-8-7-21-13-22(33)9-10-29(21,2)28(23)25(34)14-30(24,3)27(20)26(35)17-32/h4,6,9-11,13,18,20,23-25,27-28,32,34,36H,5,7-8,12,14-17H2,1-3H3/t18?,20-,23-,24?,25-,27+,28?,29-,30-/m0/s1. The molecule has 6 nitrogen and oxygen atoms in total. The molecule has 0 bridgehead atoms. The lowest BCUT2D eigenvalue weighted by Gasteiger charge is -2.58. The molecule has 3 N–H and O–H groups in total. The molecule has 36 heavy (non-hydrogen) atoms. The first-order chi connectivity index (χ1) is 17.1. The maximum atomic E-state index is 13.2. The van der Waals surface area contributed by atoms with Gasteiger partial charge in [-0.2, -0.15) is 5.06 Å². The summed E-state index contributed by atoms with van der Waals surface area (Å²) in [6, 6.07) is 0. The van der Waals surface area contributed by atoms with E-state index in [9.17, 15) is 25.0 Å². The minimum atomic E-state index is -0.597. The van der Waals surface area contributed by atoms with Crippen molar-refractivity contribution in [3.63, 3.8) is 0 Å². The van der Waals surface area contributed by atoms with Crippen molar-refractivity contribution in [2.24, 2.45) is 46.3 Å². The summed E-state index contributed by atoms with van der Waals surface area (Å²) in [6.45, 7) is 6.70. The number of carbonyl (C=O) groups is 2. The minimum Gasteiger partial charge on any atom is -0.393 e. The summed E-state index contributed by atoms with van der Waals surface area (Å²) in [5, 5.41) is 33.7. The lowest BCUT2D eigenvalue weighted by Crippen LogP contribution is -2.56. The van der Waals surface area contributed by atoms with E-state index in [1.807, 2.05) is 6.08 Å². The molecule has 196 valence electrons. The van der Waals surface area contributed by atoms with Crippen molar-refractivity contribution in [2.75, 3.05) is 19.7 Å². The van der Waals surface area contributed by atoms with Crippen LogP contribution in [0.3, 0.4) is 0 Å². The van der Waals surface area contributed by atoms with Gasteiger partial charge in [-0.3, -0.25) is 9.59 Å². The van der Waals surface area contributed by atoms with Crippen molar-refractivity contribution in [2.45, 2.75) is 59.0 Å². The Morgan fingerprint density at radius 3 is 2.75 bits per heavy atom. The van der Waals surface area contributed by atoms with Crippen molar-refractivity contribution in [1.29, 1.82) is 0 Å². The molecule has 0 aliphatic heterocycles. The number of ketones is 2. The Hall–Kier alpha value is -1.86. The molecule has 0 aromatic carbocycles. The third kappa shape index (κ3) is 4.20. The Bertz CT molecular complexity index is 1040. The lowest BCUT2D eigenvalue weighted by molar-refractivity contribution is -0.145. The number of hydrogen-bond donors (Lipinski definition) is 3. The summed E-state index contributed by atoms with van der Waals surface area (Å²) in [4.78, 5) is 25.3. The van der Waals surface area contributed by atoms with Crippen LogP contribution in [0.1, 0.15) is 52.9 Å². The number of allylic oxidation sites excluding steroid dienone is 6. The molecular weight excluding hydrogens is 454 g/mol. The second-order valence-electron chi connectivity index (χ2n) is 12.6. The molecule has 5 aliphatic carbocycles. The van der Waals surface area contributed by atoms with Gasteiger partial charge in [-0.15, -0.1) is 0 Å². The molecule has 0 saturated heterocycles. The zero-order chi connectivity index (χ0) is 25.8. The fourth-order valence-corrected chi connectivity index (χ4v) is 8.99. The van der Waals surface area contributed by atoms with Gasteiger partial charge >= 0.3 is 0 Å². The highest BCUT2D eigenvalue weighted by Crippen LogP contribution is 2.67. The Morgan fingerprint density at radius 2 is 2.03 bits per heavy atom. The number of rotatable bonds is 6. The van der Waals surface area contributed by atoms with Gasteiger partial charge in [-0.05, 0) is 78.9 Å². The highest BCUT2D eigenvalue weighted by molar-refractivity contribution is 6.01. The quantitative estimate of drug-likeness (QED) is 0.484. The van der Waals surface area contributed by atoms with E-state index in [-0.39, 0.29) is 40.7 Å². The van der Waals surface area contributed by atoms with Crippen LogP contribution < -0.4 is 0 Å². The number of fused-ring (bicyclic) bond motifs is 5. The average molecular weight is 496 g/mol. The van der Waals surface area contributed by atoms with Crippen LogP contribution in [0.4, 0.5) is 0 Å². The second-order valence-corrected chi connectivity index (χ2v) is 12.6. The summed E-state index contributed by atoms with van der Waals surface area (Å²) >= 11 is 0. The summed E-state index contributed by atoms with van der Waals surface area (Å²) < 4.78 is 0. The van der Waals surface area contributed by atoms with Gasteiger partial charge in [0.05, 0.1) is 6.10 Å². The maximum absolute atomic E-state index is 13.2. The molecule has 3 saturated carbocycles. The second kappa shape index (κ2) is 9.46. The number of Topliss-reactive ketones (excluding diaryl/α,β-unsaturated/α-hetero) is 1. The van der Waals surface area contributed by atoms with Crippen molar-refractivity contribution < 1.29 is 25.0 Å². The van der Waals surface area contributed by atoms with Crippen molar-refractivity contribution in [3.8, 4) is 0 Å². The van der Waals surface area contributed by atoms with Gasteiger partial charge in [0.1, 0.15) is 6.61 Å². The highest BCUT2D eigenvalue weighted by atomic mass is 16.5. The first-order valence-electron chi connectivity index (χ1n) is 13.6. The SMILES string of the molecule is CC1C=C(CN(O)C[C@@H]2CC3[C@@H]4CCC5=CC(=O)C=C[C@]5(C)C4[C@@H](O)C[C@]3(C)[C@H]2C(=O)CO)C=CC1. The van der Waals surface area contributed by atoms with Gasteiger partial charge in [-0.1, -0.05) is 50.6 Å². The monoisotopic (exact) mass is 495 g/mol. The number of hydrogen-bond acceptors (Lipinski definition) is 6. The van der Waals surface area contributed by atoms with Gasteiger partial charge in [0, 0.05) is 30.3 Å². The average Bonchev–Trinajstić information content (AvgIpc) is 3.09. The zero-order valence-corrected chi connectivity index (χ0v) is 21.8. The first kappa shape index (κ1) is 25.8. The Balaban J connectivity index is 1.42. The fraction of sp³-hybridized carbons (Fsp3) is 0.667. The molecule has 0 spiro atoms. The van der Waals surface area contributed by atoms with Crippen LogP contribution in [0.25, 0.3) is 0 Å². The van der Waals surface area contributed by atoms with E-state index in [0.29, 0.717) is 25.4 Å². The molecule has 0 aromatic rings. The Morgan fingerprint density at radius 1 is 1.25 bits per heavy atom. The molecule has 5 aliphatic rings. The van der Waals surface area contributed by atoms with E-state index in [4.69, 9.17) is 0 Å². The van der Waals surface area contributed by atoms with Crippen molar-refractivity contribution in [3.05, 3.63) is 47.6 Å².